The van der Waals surface area contributed by atoms with Gasteiger partial charge in [-0.3, -0.25) is 9.69 Å². The predicted octanol–water partition coefficient (Wildman–Crippen LogP) is 2.98. The van der Waals surface area contributed by atoms with E-state index in [1.165, 1.54) is 11.1 Å². The number of amides is 1. The number of carbonyl (C=O) groups excluding carboxylic acids is 1. The largest absolute Gasteiger partial charge is 0.284 e. The molecule has 1 fully saturated rings. The van der Waals surface area contributed by atoms with Crippen molar-refractivity contribution in [3.05, 3.63) is 47.0 Å². The van der Waals surface area contributed by atoms with Gasteiger partial charge in [-0.1, -0.05) is 24.3 Å². The van der Waals surface area contributed by atoms with Crippen LogP contribution in [-0.4, -0.2) is 16.9 Å². The van der Waals surface area contributed by atoms with Gasteiger partial charge in [0.2, 0.25) is 5.91 Å². The molecule has 1 aliphatic heterocycles. The van der Waals surface area contributed by atoms with Gasteiger partial charge < -0.3 is 0 Å². The third-order valence-electron chi connectivity index (χ3n) is 4.25. The van der Waals surface area contributed by atoms with Crippen molar-refractivity contribution < 1.29 is 4.79 Å². The van der Waals surface area contributed by atoms with Gasteiger partial charge >= 0.3 is 0 Å². The molecular formula is C15H14N2OS. The zero-order chi connectivity index (χ0) is 12.8. The highest BCUT2D eigenvalue weighted by Crippen LogP contribution is 2.44. The first kappa shape index (κ1) is 11.2. The number of fused-ring (bicyclic) bond motifs is 3. The Labute approximate surface area is 115 Å². The van der Waals surface area contributed by atoms with E-state index < -0.39 is 0 Å². The molecule has 1 amide bonds. The molecule has 0 N–H and O–H groups in total. The fourth-order valence-corrected chi connectivity index (χ4v) is 4.16. The monoisotopic (exact) mass is 270 g/mol. The van der Waals surface area contributed by atoms with Crippen LogP contribution < -0.4 is 4.90 Å². The molecule has 19 heavy (non-hydrogen) atoms. The lowest BCUT2D eigenvalue weighted by Crippen LogP contribution is -2.37. The quantitative estimate of drug-likeness (QED) is 0.798. The Bertz CT molecular complexity index is 623. The first-order valence-electron chi connectivity index (χ1n) is 6.64. The van der Waals surface area contributed by atoms with Crippen LogP contribution in [0.25, 0.3) is 0 Å². The van der Waals surface area contributed by atoms with Crippen LogP contribution in [0.3, 0.4) is 0 Å². The van der Waals surface area contributed by atoms with Crippen LogP contribution in [0.2, 0.25) is 0 Å². The number of hydrogen-bond acceptors (Lipinski definition) is 3. The Morgan fingerprint density at radius 2 is 2.21 bits per heavy atom. The standard InChI is InChI=1S/C15H14N2OS/c18-14-9-12-11-4-2-1-3-10(11)5-6-13(12)17(14)15-16-7-8-19-15/h1-4,7-8,12-13H,5-6,9H2. The lowest BCUT2D eigenvalue weighted by molar-refractivity contribution is -0.117. The van der Waals surface area contributed by atoms with Crippen molar-refractivity contribution in [3.63, 3.8) is 0 Å². The topological polar surface area (TPSA) is 33.2 Å². The van der Waals surface area contributed by atoms with Crippen LogP contribution in [0.15, 0.2) is 35.8 Å². The third kappa shape index (κ3) is 1.63. The molecule has 4 rings (SSSR count). The van der Waals surface area contributed by atoms with Gasteiger partial charge in [0.1, 0.15) is 0 Å². The maximum Gasteiger partial charge on any atom is 0.229 e. The Kier molecular flexibility index (Phi) is 2.45. The minimum Gasteiger partial charge on any atom is -0.284 e. The molecule has 0 radical (unpaired) electrons. The number of aryl methyl sites for hydroxylation is 1. The predicted molar refractivity (Wildman–Crippen MR) is 75.5 cm³/mol. The van der Waals surface area contributed by atoms with Crippen molar-refractivity contribution in [2.24, 2.45) is 0 Å². The average molecular weight is 270 g/mol. The molecule has 96 valence electrons. The van der Waals surface area contributed by atoms with Crippen LogP contribution in [0.1, 0.15) is 29.9 Å². The molecule has 2 aromatic rings. The number of carbonyl (C=O) groups is 1. The van der Waals surface area contributed by atoms with Crippen molar-refractivity contribution >= 4 is 22.4 Å². The van der Waals surface area contributed by atoms with E-state index in [0.717, 1.165) is 18.0 Å². The van der Waals surface area contributed by atoms with Crippen LogP contribution in [0.4, 0.5) is 5.13 Å². The number of benzene rings is 1. The molecule has 1 saturated heterocycles. The van der Waals surface area contributed by atoms with Crippen molar-refractivity contribution in [1.29, 1.82) is 0 Å². The van der Waals surface area contributed by atoms with E-state index in [4.69, 9.17) is 0 Å². The summed E-state index contributed by atoms with van der Waals surface area (Å²) in [6.07, 6.45) is 4.51. The van der Waals surface area contributed by atoms with Gasteiger partial charge in [-0.2, -0.15) is 0 Å². The summed E-state index contributed by atoms with van der Waals surface area (Å²) in [5.41, 5.74) is 2.78. The van der Waals surface area contributed by atoms with Gasteiger partial charge in [0.25, 0.3) is 0 Å². The molecule has 4 heteroatoms. The summed E-state index contributed by atoms with van der Waals surface area (Å²) in [7, 11) is 0. The molecule has 1 aliphatic carbocycles. The second-order valence-electron chi connectivity index (χ2n) is 5.19. The summed E-state index contributed by atoms with van der Waals surface area (Å²) >= 11 is 1.55. The highest BCUT2D eigenvalue weighted by molar-refractivity contribution is 7.13. The second-order valence-corrected chi connectivity index (χ2v) is 6.07. The van der Waals surface area contributed by atoms with Gasteiger partial charge in [0, 0.05) is 30.0 Å². The lowest BCUT2D eigenvalue weighted by Gasteiger charge is -2.31. The first-order valence-corrected chi connectivity index (χ1v) is 7.52. The van der Waals surface area contributed by atoms with Crippen LogP contribution in [-0.2, 0) is 11.2 Å². The van der Waals surface area contributed by atoms with Crippen molar-refractivity contribution in [1.82, 2.24) is 4.98 Å². The number of nitrogens with zero attached hydrogens (tertiary/aromatic N) is 2. The number of rotatable bonds is 1. The summed E-state index contributed by atoms with van der Waals surface area (Å²) in [6.45, 7) is 0. The SMILES string of the molecule is O=C1CC2c3ccccc3CCC2N1c1nccs1. The molecule has 0 spiro atoms. The van der Waals surface area contributed by atoms with Crippen molar-refractivity contribution in [2.45, 2.75) is 31.2 Å². The van der Waals surface area contributed by atoms with E-state index in [1.807, 2.05) is 10.3 Å². The molecule has 1 aromatic carbocycles. The Hall–Kier alpha value is -1.68. The third-order valence-corrected chi connectivity index (χ3v) is 5.02. The van der Waals surface area contributed by atoms with Gasteiger partial charge in [0.05, 0.1) is 0 Å². The Morgan fingerprint density at radius 1 is 1.32 bits per heavy atom. The second kappa shape index (κ2) is 4.17. The minimum atomic E-state index is 0.224. The van der Waals surface area contributed by atoms with Crippen LogP contribution >= 0.6 is 11.3 Å². The van der Waals surface area contributed by atoms with E-state index in [1.54, 1.807) is 17.5 Å². The number of aromatic nitrogens is 1. The van der Waals surface area contributed by atoms with Gasteiger partial charge in [-0.05, 0) is 24.0 Å². The van der Waals surface area contributed by atoms with E-state index in [0.29, 0.717) is 18.4 Å². The molecule has 2 aliphatic rings. The molecular weight excluding hydrogens is 256 g/mol. The smallest absolute Gasteiger partial charge is 0.229 e. The number of hydrogen-bond donors (Lipinski definition) is 0. The maximum absolute atomic E-state index is 12.3. The molecule has 2 atom stereocenters. The minimum absolute atomic E-state index is 0.224. The molecule has 2 unspecified atom stereocenters. The van der Waals surface area contributed by atoms with Gasteiger partial charge in [0.15, 0.2) is 5.13 Å². The molecule has 0 bridgehead atoms. The highest BCUT2D eigenvalue weighted by Gasteiger charge is 2.44. The zero-order valence-electron chi connectivity index (χ0n) is 10.5. The van der Waals surface area contributed by atoms with E-state index in [2.05, 4.69) is 29.2 Å². The lowest BCUT2D eigenvalue weighted by atomic mass is 9.80. The fourth-order valence-electron chi connectivity index (χ4n) is 3.45. The maximum atomic E-state index is 12.3. The van der Waals surface area contributed by atoms with E-state index in [-0.39, 0.29) is 5.91 Å². The summed E-state index contributed by atoms with van der Waals surface area (Å²) in [4.78, 5) is 18.6. The van der Waals surface area contributed by atoms with Gasteiger partial charge in [-0.25, -0.2) is 4.98 Å². The Morgan fingerprint density at radius 3 is 3.05 bits per heavy atom. The number of thiazole rings is 1. The summed E-state index contributed by atoms with van der Waals surface area (Å²) in [5, 5.41) is 2.80. The van der Waals surface area contributed by atoms with Gasteiger partial charge in [-0.15, -0.1) is 11.3 Å². The molecule has 0 saturated carbocycles. The first-order chi connectivity index (χ1) is 9.34. The normalized spacial score (nSPS) is 25.3. The van der Waals surface area contributed by atoms with E-state index >= 15 is 0 Å². The fraction of sp³-hybridized carbons (Fsp3) is 0.333. The molecule has 1 aromatic heterocycles. The van der Waals surface area contributed by atoms with E-state index in [9.17, 15) is 4.79 Å². The Balaban J connectivity index is 1.76. The van der Waals surface area contributed by atoms with Crippen LogP contribution in [0, 0.1) is 0 Å². The molecule has 2 heterocycles. The molecule has 3 nitrogen and oxygen atoms in total. The zero-order valence-corrected chi connectivity index (χ0v) is 11.3. The highest BCUT2D eigenvalue weighted by atomic mass is 32.1. The van der Waals surface area contributed by atoms with Crippen LogP contribution in [0.5, 0.6) is 0 Å². The van der Waals surface area contributed by atoms with Crippen molar-refractivity contribution in [2.75, 3.05) is 4.90 Å². The number of anilines is 1. The average Bonchev–Trinajstić information content (AvgIpc) is 3.04. The summed E-state index contributed by atoms with van der Waals surface area (Å²) < 4.78 is 0. The summed E-state index contributed by atoms with van der Waals surface area (Å²) in [6, 6.07) is 8.85. The van der Waals surface area contributed by atoms with Crippen molar-refractivity contribution in [3.8, 4) is 0 Å². The summed E-state index contributed by atoms with van der Waals surface area (Å²) in [5.74, 6) is 0.572.